The van der Waals surface area contributed by atoms with E-state index in [4.69, 9.17) is 21.1 Å². The van der Waals surface area contributed by atoms with Gasteiger partial charge in [0.1, 0.15) is 11.9 Å². The van der Waals surface area contributed by atoms with E-state index in [1.807, 2.05) is 12.1 Å². The van der Waals surface area contributed by atoms with Crippen LogP contribution in [-0.2, 0) is 24.7 Å². The number of carbonyl (C=O) groups excluding carboxylic acids is 4. The first-order valence-electron chi connectivity index (χ1n) is 15.8. The topological polar surface area (TPSA) is 186 Å². The second kappa shape index (κ2) is 16.5. The number of amides is 3. The molecular formula is C34H31ClF4N8O6. The molecule has 1 atom stereocenters. The van der Waals surface area contributed by atoms with Crippen molar-refractivity contribution in [2.75, 3.05) is 36.2 Å². The van der Waals surface area contributed by atoms with Gasteiger partial charge in [0.15, 0.2) is 6.61 Å². The maximum atomic E-state index is 13.4. The quantitative estimate of drug-likeness (QED) is 0.0672. The Balaban J connectivity index is 1.21. The number of methoxy groups -OCH3 is 1. The maximum absolute atomic E-state index is 13.4. The van der Waals surface area contributed by atoms with Crippen molar-refractivity contribution in [1.29, 1.82) is 0 Å². The summed E-state index contributed by atoms with van der Waals surface area (Å²) in [5, 5.41) is 13.6. The molecule has 1 saturated carbocycles. The monoisotopic (exact) mass is 758 g/mol. The molecule has 0 unspecified atom stereocenters. The Morgan fingerprint density at radius 3 is 2.25 bits per heavy atom. The third kappa shape index (κ3) is 11.0. The molecule has 1 heterocycles. The standard InChI is InChI=1S/C34H31ClF4N8O6/c1-52-29(51)25(13-16-40-27(49)28(50)41-24-4-2-3-22(36)17-24)43-26(48)19-5-11-23(12-6-19)42-30-44-31(46-32(45-30)53-18-34(37,38)39)47-33(14-15-33)20-7-9-21(35)10-8-20/h2-12,17,25H,13-16,18H2,1H3,(H,40,49)(H,41,50)(H,43,48)(H2,42,44,45,46,47)/t25-/m0/s1. The molecule has 0 radical (unpaired) electrons. The van der Waals surface area contributed by atoms with E-state index in [2.05, 4.69) is 41.5 Å². The van der Waals surface area contributed by atoms with Crippen LogP contribution in [0.5, 0.6) is 6.01 Å². The predicted molar refractivity (Wildman–Crippen MR) is 183 cm³/mol. The molecule has 1 aliphatic rings. The van der Waals surface area contributed by atoms with Crippen molar-refractivity contribution >= 4 is 58.6 Å². The molecule has 0 aliphatic heterocycles. The molecule has 1 aliphatic carbocycles. The van der Waals surface area contributed by atoms with E-state index in [0.717, 1.165) is 18.7 Å². The van der Waals surface area contributed by atoms with E-state index < -0.39 is 59.9 Å². The minimum atomic E-state index is -4.64. The molecule has 0 saturated heterocycles. The van der Waals surface area contributed by atoms with Gasteiger partial charge in [-0.25, -0.2) is 9.18 Å². The number of ether oxygens (including phenoxy) is 2. The highest BCUT2D eigenvalue weighted by Crippen LogP contribution is 2.48. The van der Waals surface area contributed by atoms with Gasteiger partial charge >= 0.3 is 30.0 Å². The number of esters is 1. The third-order valence-corrected chi connectivity index (χ3v) is 7.93. The summed E-state index contributed by atoms with van der Waals surface area (Å²) in [6.07, 6.45) is -3.39. The molecule has 19 heteroatoms. The summed E-state index contributed by atoms with van der Waals surface area (Å²) < 4.78 is 61.7. The lowest BCUT2D eigenvalue weighted by molar-refractivity contribution is -0.154. The van der Waals surface area contributed by atoms with Crippen LogP contribution in [0.4, 0.5) is 40.8 Å². The van der Waals surface area contributed by atoms with E-state index in [1.165, 1.54) is 42.5 Å². The SMILES string of the molecule is COC(=O)[C@H](CCNC(=O)C(=O)Nc1cccc(F)c1)NC(=O)c1ccc(Nc2nc(NC3(c4ccc(Cl)cc4)CC3)nc(OCC(F)(F)F)n2)cc1. The second-order valence-electron chi connectivity index (χ2n) is 11.6. The van der Waals surface area contributed by atoms with Gasteiger partial charge in [-0.2, -0.15) is 28.1 Å². The number of hydrogen-bond donors (Lipinski definition) is 5. The molecule has 53 heavy (non-hydrogen) atoms. The van der Waals surface area contributed by atoms with Gasteiger partial charge in [0, 0.05) is 28.5 Å². The van der Waals surface area contributed by atoms with Crippen LogP contribution < -0.4 is 31.3 Å². The van der Waals surface area contributed by atoms with Gasteiger partial charge in [-0.15, -0.1) is 0 Å². The fourth-order valence-corrected chi connectivity index (χ4v) is 5.03. The first kappa shape index (κ1) is 38.2. The van der Waals surface area contributed by atoms with Crippen LogP contribution in [-0.4, -0.2) is 71.1 Å². The van der Waals surface area contributed by atoms with E-state index in [9.17, 15) is 36.7 Å². The van der Waals surface area contributed by atoms with Crippen molar-refractivity contribution in [3.05, 3.63) is 94.8 Å². The summed E-state index contributed by atoms with van der Waals surface area (Å²) in [6.45, 7) is -1.84. The van der Waals surface area contributed by atoms with Crippen molar-refractivity contribution in [3.8, 4) is 6.01 Å². The van der Waals surface area contributed by atoms with E-state index in [0.29, 0.717) is 23.6 Å². The fraction of sp³-hybridized carbons (Fsp3) is 0.265. The van der Waals surface area contributed by atoms with Crippen molar-refractivity contribution < 1.29 is 46.2 Å². The van der Waals surface area contributed by atoms with Crippen LogP contribution in [0.3, 0.4) is 0 Å². The molecule has 0 bridgehead atoms. The van der Waals surface area contributed by atoms with Gasteiger partial charge in [0.25, 0.3) is 5.91 Å². The Hall–Kier alpha value is -6.04. The molecule has 14 nitrogen and oxygen atoms in total. The van der Waals surface area contributed by atoms with Crippen molar-refractivity contribution in [3.63, 3.8) is 0 Å². The number of aromatic nitrogens is 3. The van der Waals surface area contributed by atoms with Crippen LogP contribution in [0.25, 0.3) is 0 Å². The molecule has 278 valence electrons. The van der Waals surface area contributed by atoms with Gasteiger partial charge in [-0.05, 0) is 79.4 Å². The number of nitrogens with one attached hydrogen (secondary N) is 5. The summed E-state index contributed by atoms with van der Waals surface area (Å²) in [5.74, 6) is -4.43. The number of carbonyl (C=O) groups is 4. The zero-order valence-electron chi connectivity index (χ0n) is 27.7. The van der Waals surface area contributed by atoms with Crippen LogP contribution in [0.15, 0.2) is 72.8 Å². The third-order valence-electron chi connectivity index (χ3n) is 7.68. The van der Waals surface area contributed by atoms with Crippen molar-refractivity contribution in [1.82, 2.24) is 25.6 Å². The highest BCUT2D eigenvalue weighted by atomic mass is 35.5. The summed E-state index contributed by atoms with van der Waals surface area (Å²) in [5.41, 5.74) is 0.827. The summed E-state index contributed by atoms with van der Waals surface area (Å²) in [7, 11) is 1.11. The first-order valence-corrected chi connectivity index (χ1v) is 16.2. The summed E-state index contributed by atoms with van der Waals surface area (Å²) in [4.78, 5) is 62.0. The molecule has 4 aromatic rings. The normalized spacial score (nSPS) is 13.5. The Labute approximate surface area is 304 Å². The Morgan fingerprint density at radius 2 is 1.60 bits per heavy atom. The number of anilines is 4. The van der Waals surface area contributed by atoms with Crippen LogP contribution in [0.1, 0.15) is 35.2 Å². The van der Waals surface area contributed by atoms with Crippen LogP contribution in [0.2, 0.25) is 5.02 Å². The fourth-order valence-electron chi connectivity index (χ4n) is 4.90. The van der Waals surface area contributed by atoms with Gasteiger partial charge in [0.2, 0.25) is 11.9 Å². The number of alkyl halides is 3. The van der Waals surface area contributed by atoms with Crippen molar-refractivity contribution in [2.24, 2.45) is 0 Å². The number of rotatable bonds is 14. The zero-order chi connectivity index (χ0) is 38.2. The van der Waals surface area contributed by atoms with E-state index in [-0.39, 0.29) is 36.1 Å². The minimum absolute atomic E-state index is 0.0413. The number of nitrogens with zero attached hydrogens (tertiary/aromatic N) is 3. The lowest BCUT2D eigenvalue weighted by atomic mass is 10.1. The van der Waals surface area contributed by atoms with Crippen LogP contribution in [0, 0.1) is 5.82 Å². The van der Waals surface area contributed by atoms with Crippen LogP contribution >= 0.6 is 11.6 Å². The minimum Gasteiger partial charge on any atom is -0.467 e. The highest BCUT2D eigenvalue weighted by Gasteiger charge is 2.45. The van der Waals surface area contributed by atoms with E-state index in [1.54, 1.807) is 12.1 Å². The maximum Gasteiger partial charge on any atom is 0.422 e. The molecule has 3 aromatic carbocycles. The molecule has 1 aromatic heterocycles. The van der Waals surface area contributed by atoms with Crippen molar-refractivity contribution in [2.45, 2.75) is 37.0 Å². The Kier molecular flexibility index (Phi) is 11.9. The molecular weight excluding hydrogens is 728 g/mol. The lowest BCUT2D eigenvalue weighted by Crippen LogP contribution is -2.44. The largest absolute Gasteiger partial charge is 0.467 e. The smallest absolute Gasteiger partial charge is 0.422 e. The molecule has 0 spiro atoms. The Morgan fingerprint density at radius 1 is 0.906 bits per heavy atom. The van der Waals surface area contributed by atoms with Gasteiger partial charge < -0.3 is 36.1 Å². The number of benzene rings is 3. The van der Waals surface area contributed by atoms with Gasteiger partial charge in [-0.3, -0.25) is 14.4 Å². The predicted octanol–water partition coefficient (Wildman–Crippen LogP) is 4.87. The average Bonchev–Trinajstić information content (AvgIpc) is 3.90. The average molecular weight is 759 g/mol. The number of hydrogen-bond acceptors (Lipinski definition) is 11. The molecule has 5 rings (SSSR count). The molecule has 1 fully saturated rings. The summed E-state index contributed by atoms with van der Waals surface area (Å²) in [6, 6.07) is 15.9. The lowest BCUT2D eigenvalue weighted by Gasteiger charge is -2.19. The number of halogens is 5. The highest BCUT2D eigenvalue weighted by molar-refractivity contribution is 6.39. The zero-order valence-corrected chi connectivity index (χ0v) is 28.5. The Bertz CT molecular complexity index is 1960. The van der Waals surface area contributed by atoms with Gasteiger partial charge in [0.05, 0.1) is 12.6 Å². The van der Waals surface area contributed by atoms with E-state index >= 15 is 0 Å². The molecule has 3 amide bonds. The first-order chi connectivity index (χ1) is 25.2. The summed E-state index contributed by atoms with van der Waals surface area (Å²) >= 11 is 6.02. The second-order valence-corrected chi connectivity index (χ2v) is 12.1. The van der Waals surface area contributed by atoms with Gasteiger partial charge in [-0.1, -0.05) is 29.8 Å². The molecule has 5 N–H and O–H groups in total.